The van der Waals surface area contributed by atoms with Crippen molar-refractivity contribution in [3.05, 3.63) is 39.5 Å². The monoisotopic (exact) mass is 358 g/mol. The van der Waals surface area contributed by atoms with Gasteiger partial charge in [-0.3, -0.25) is 4.79 Å². The van der Waals surface area contributed by atoms with Crippen LogP contribution < -0.4 is 4.90 Å². The maximum Gasteiger partial charge on any atom is 0.161 e. The van der Waals surface area contributed by atoms with Crippen LogP contribution in [0.5, 0.6) is 0 Å². The van der Waals surface area contributed by atoms with Gasteiger partial charge in [-0.1, -0.05) is 13.8 Å². The number of ketones is 1. The highest BCUT2D eigenvalue weighted by Crippen LogP contribution is 2.43. The van der Waals surface area contributed by atoms with Gasteiger partial charge >= 0.3 is 0 Å². The lowest BCUT2D eigenvalue weighted by atomic mass is 9.73. The summed E-state index contributed by atoms with van der Waals surface area (Å²) in [5, 5.41) is 9.06. The van der Waals surface area contributed by atoms with Crippen molar-refractivity contribution in [1.82, 2.24) is 0 Å². The Balaban J connectivity index is 2.04. The van der Waals surface area contributed by atoms with Gasteiger partial charge in [-0.05, 0) is 58.8 Å². The summed E-state index contributed by atoms with van der Waals surface area (Å²) >= 11 is 3.46. The van der Waals surface area contributed by atoms with Gasteiger partial charge in [-0.2, -0.15) is 5.26 Å². The Labute approximate surface area is 139 Å². The zero-order valence-electron chi connectivity index (χ0n) is 12.9. The molecule has 0 spiro atoms. The van der Waals surface area contributed by atoms with Crippen LogP contribution >= 0.6 is 15.9 Å². The summed E-state index contributed by atoms with van der Waals surface area (Å²) in [4.78, 5) is 14.7. The smallest absolute Gasteiger partial charge is 0.161 e. The van der Waals surface area contributed by atoms with Crippen LogP contribution in [0.15, 0.2) is 33.9 Å². The van der Waals surface area contributed by atoms with Gasteiger partial charge in [0, 0.05) is 34.4 Å². The number of carbonyl (C=O) groups is 1. The first kappa shape index (κ1) is 15.3. The number of nitriles is 1. The van der Waals surface area contributed by atoms with Gasteiger partial charge < -0.3 is 4.90 Å². The molecule has 0 saturated carbocycles. The molecule has 4 heteroatoms. The summed E-state index contributed by atoms with van der Waals surface area (Å²) in [6.07, 6.45) is 3.49. The van der Waals surface area contributed by atoms with Gasteiger partial charge in [0.05, 0.1) is 5.56 Å². The summed E-state index contributed by atoms with van der Waals surface area (Å²) in [7, 11) is 0. The molecule has 0 fully saturated rings. The molecule has 0 N–H and O–H groups in total. The fourth-order valence-electron chi connectivity index (χ4n) is 3.46. The first-order chi connectivity index (χ1) is 10.4. The van der Waals surface area contributed by atoms with Crippen LogP contribution in [0.1, 0.15) is 45.1 Å². The number of anilines is 1. The lowest BCUT2D eigenvalue weighted by molar-refractivity contribution is -0.118. The highest BCUT2D eigenvalue weighted by molar-refractivity contribution is 9.10. The minimum Gasteiger partial charge on any atom is -0.345 e. The van der Waals surface area contributed by atoms with E-state index in [4.69, 9.17) is 5.26 Å². The molecule has 22 heavy (non-hydrogen) atoms. The van der Waals surface area contributed by atoms with Crippen LogP contribution in [-0.2, 0) is 4.79 Å². The Morgan fingerprint density at radius 1 is 1.32 bits per heavy atom. The summed E-state index contributed by atoms with van der Waals surface area (Å²) < 4.78 is 0.807. The van der Waals surface area contributed by atoms with Crippen molar-refractivity contribution < 1.29 is 4.79 Å². The molecule has 2 aliphatic rings. The predicted octanol–water partition coefficient (Wildman–Crippen LogP) is 4.56. The number of hydrogen-bond donors (Lipinski definition) is 0. The lowest BCUT2D eigenvalue weighted by Gasteiger charge is -2.41. The van der Waals surface area contributed by atoms with E-state index in [0.717, 1.165) is 41.5 Å². The number of benzene rings is 1. The quantitative estimate of drug-likeness (QED) is 0.738. The first-order valence-electron chi connectivity index (χ1n) is 7.64. The standard InChI is InChI=1S/C18H19BrN2O/c1-18(2)9-16-14(17(22)10-18)4-3-7-21(16)13-6-5-12(11-20)15(19)8-13/h5-6,8H,3-4,7,9-10H2,1-2H3. The van der Waals surface area contributed by atoms with Gasteiger partial charge in [-0.15, -0.1) is 0 Å². The van der Waals surface area contributed by atoms with E-state index in [2.05, 4.69) is 40.7 Å². The molecule has 114 valence electrons. The molecule has 0 aromatic heterocycles. The third-order valence-electron chi connectivity index (χ3n) is 4.49. The van der Waals surface area contributed by atoms with Crippen LogP contribution in [0, 0.1) is 16.7 Å². The molecule has 3 nitrogen and oxygen atoms in total. The maximum absolute atomic E-state index is 12.5. The molecule has 1 aromatic rings. The van der Waals surface area contributed by atoms with Crippen LogP contribution in [0.3, 0.4) is 0 Å². The van der Waals surface area contributed by atoms with Crippen molar-refractivity contribution in [3.63, 3.8) is 0 Å². The number of nitrogens with zero attached hydrogens (tertiary/aromatic N) is 2. The second kappa shape index (κ2) is 5.55. The van der Waals surface area contributed by atoms with Crippen LogP contribution in [0.2, 0.25) is 0 Å². The Morgan fingerprint density at radius 2 is 2.09 bits per heavy atom. The molecule has 1 heterocycles. The topological polar surface area (TPSA) is 44.1 Å². The van der Waals surface area contributed by atoms with Gasteiger partial charge in [0.1, 0.15) is 6.07 Å². The molecular formula is C18H19BrN2O. The van der Waals surface area contributed by atoms with E-state index >= 15 is 0 Å². The summed E-state index contributed by atoms with van der Waals surface area (Å²) in [6, 6.07) is 7.97. The molecule has 1 aliphatic carbocycles. The average Bonchev–Trinajstić information content (AvgIpc) is 2.45. The molecule has 0 atom stereocenters. The van der Waals surface area contributed by atoms with Crippen molar-refractivity contribution in [3.8, 4) is 6.07 Å². The molecule has 1 aliphatic heterocycles. The molecular weight excluding hydrogens is 340 g/mol. The highest BCUT2D eigenvalue weighted by atomic mass is 79.9. The van der Waals surface area contributed by atoms with Gasteiger partial charge in [0.15, 0.2) is 5.78 Å². The van der Waals surface area contributed by atoms with Crippen LogP contribution in [-0.4, -0.2) is 12.3 Å². The molecule has 1 aromatic carbocycles. The third kappa shape index (κ3) is 2.70. The molecule has 0 amide bonds. The van der Waals surface area contributed by atoms with Crippen molar-refractivity contribution in [2.24, 2.45) is 5.41 Å². The Bertz CT molecular complexity index is 712. The fourth-order valence-corrected chi connectivity index (χ4v) is 3.92. The minimum atomic E-state index is 0.0231. The predicted molar refractivity (Wildman–Crippen MR) is 90.5 cm³/mol. The second-order valence-corrected chi connectivity index (χ2v) is 7.75. The zero-order chi connectivity index (χ0) is 15.9. The van der Waals surface area contributed by atoms with Gasteiger partial charge in [-0.25, -0.2) is 0 Å². The van der Waals surface area contributed by atoms with Crippen molar-refractivity contribution >= 4 is 27.4 Å². The summed E-state index contributed by atoms with van der Waals surface area (Å²) in [5.41, 5.74) is 3.92. The second-order valence-electron chi connectivity index (χ2n) is 6.90. The maximum atomic E-state index is 12.5. The van der Waals surface area contributed by atoms with Crippen LogP contribution in [0.25, 0.3) is 0 Å². The molecule has 0 saturated heterocycles. The van der Waals surface area contributed by atoms with E-state index in [9.17, 15) is 4.79 Å². The fraction of sp³-hybridized carbons (Fsp3) is 0.444. The summed E-state index contributed by atoms with van der Waals surface area (Å²) in [5.74, 6) is 0.309. The average molecular weight is 359 g/mol. The first-order valence-corrected chi connectivity index (χ1v) is 8.43. The zero-order valence-corrected chi connectivity index (χ0v) is 14.5. The summed E-state index contributed by atoms with van der Waals surface area (Å²) in [6.45, 7) is 5.26. The number of rotatable bonds is 1. The van der Waals surface area contributed by atoms with E-state index in [1.165, 1.54) is 5.70 Å². The molecule has 0 radical (unpaired) electrons. The van der Waals surface area contributed by atoms with Gasteiger partial charge in [0.25, 0.3) is 0 Å². The van der Waals surface area contributed by atoms with Crippen molar-refractivity contribution in [2.45, 2.75) is 39.5 Å². The normalized spacial score (nSPS) is 20.6. The van der Waals surface area contributed by atoms with E-state index < -0.39 is 0 Å². The van der Waals surface area contributed by atoms with E-state index in [1.807, 2.05) is 18.2 Å². The number of hydrogen-bond acceptors (Lipinski definition) is 3. The molecule has 0 unspecified atom stereocenters. The number of halogens is 1. The number of carbonyl (C=O) groups excluding carboxylic acids is 1. The molecule has 0 bridgehead atoms. The third-order valence-corrected chi connectivity index (χ3v) is 5.15. The van der Waals surface area contributed by atoms with Crippen LogP contribution in [0.4, 0.5) is 5.69 Å². The van der Waals surface area contributed by atoms with Crippen molar-refractivity contribution in [2.75, 3.05) is 11.4 Å². The minimum absolute atomic E-state index is 0.0231. The van der Waals surface area contributed by atoms with E-state index in [1.54, 1.807) is 0 Å². The molecule has 3 rings (SSSR count). The van der Waals surface area contributed by atoms with E-state index in [0.29, 0.717) is 17.8 Å². The van der Waals surface area contributed by atoms with E-state index in [-0.39, 0.29) is 5.41 Å². The Morgan fingerprint density at radius 3 is 2.77 bits per heavy atom. The largest absolute Gasteiger partial charge is 0.345 e. The van der Waals surface area contributed by atoms with Crippen molar-refractivity contribution in [1.29, 1.82) is 5.26 Å². The highest BCUT2D eigenvalue weighted by Gasteiger charge is 2.36. The lowest BCUT2D eigenvalue weighted by Crippen LogP contribution is -2.37. The number of Topliss-reactive ketones (excluding diaryl/α,β-unsaturated/α-hetero) is 1. The SMILES string of the molecule is CC1(C)CC(=O)C2=C(C1)N(c1ccc(C#N)c(Br)c1)CCC2. The number of allylic oxidation sites excluding steroid dienone is 2. The Kier molecular flexibility index (Phi) is 3.86. The van der Waals surface area contributed by atoms with Gasteiger partial charge in [0.2, 0.25) is 0 Å². The Hall–Kier alpha value is -1.60.